The van der Waals surface area contributed by atoms with E-state index >= 15 is 0 Å². The summed E-state index contributed by atoms with van der Waals surface area (Å²) in [5.74, 6) is -0.394. The molecule has 0 aliphatic heterocycles. The largest absolute Gasteiger partial charge is 0.295 e. The highest BCUT2D eigenvalue weighted by atomic mass is 19.1. The molecule has 0 saturated carbocycles. The average molecular weight is 297 g/mol. The minimum absolute atomic E-state index is 0.0799. The Kier molecular flexibility index (Phi) is 3.71. The molecular weight excluding hydrogens is 281 g/mol. The summed E-state index contributed by atoms with van der Waals surface area (Å²) in [4.78, 5) is 21.2. The molecule has 0 amide bonds. The maximum absolute atomic E-state index is 13.2. The molecular formula is C17H16FN3O. The summed E-state index contributed by atoms with van der Waals surface area (Å²) < 4.78 is 14.8. The molecule has 0 unspecified atom stereocenters. The van der Waals surface area contributed by atoms with Crippen LogP contribution in [0.4, 0.5) is 4.39 Å². The smallest absolute Gasteiger partial charge is 0.261 e. The van der Waals surface area contributed by atoms with Crippen molar-refractivity contribution < 1.29 is 4.39 Å². The molecule has 1 aromatic carbocycles. The molecule has 0 saturated heterocycles. The summed E-state index contributed by atoms with van der Waals surface area (Å²) in [5.41, 5.74) is 2.09. The van der Waals surface area contributed by atoms with Gasteiger partial charge < -0.3 is 0 Å². The SMILES string of the molecule is Cc1cccc(C[C@@H](C)n2cnc3cc(F)ccc3c2=O)n1. The number of pyridine rings is 1. The van der Waals surface area contributed by atoms with E-state index in [0.29, 0.717) is 17.3 Å². The lowest BCUT2D eigenvalue weighted by Crippen LogP contribution is -2.25. The topological polar surface area (TPSA) is 47.8 Å². The zero-order valence-corrected chi connectivity index (χ0v) is 12.5. The number of nitrogens with zero attached hydrogens (tertiary/aromatic N) is 3. The van der Waals surface area contributed by atoms with Crippen molar-refractivity contribution in [1.82, 2.24) is 14.5 Å². The van der Waals surface area contributed by atoms with Crippen LogP contribution in [-0.2, 0) is 6.42 Å². The Labute approximate surface area is 127 Å². The Balaban J connectivity index is 1.97. The van der Waals surface area contributed by atoms with E-state index in [9.17, 15) is 9.18 Å². The van der Waals surface area contributed by atoms with E-state index in [1.807, 2.05) is 32.0 Å². The first-order valence-corrected chi connectivity index (χ1v) is 7.13. The van der Waals surface area contributed by atoms with Crippen LogP contribution in [0.25, 0.3) is 10.9 Å². The quantitative estimate of drug-likeness (QED) is 0.746. The Morgan fingerprint density at radius 1 is 1.27 bits per heavy atom. The number of hydrogen-bond acceptors (Lipinski definition) is 3. The Morgan fingerprint density at radius 2 is 2.09 bits per heavy atom. The van der Waals surface area contributed by atoms with Gasteiger partial charge in [-0.2, -0.15) is 0 Å². The van der Waals surface area contributed by atoms with Crippen LogP contribution >= 0.6 is 0 Å². The molecule has 3 aromatic rings. The molecule has 0 aliphatic carbocycles. The van der Waals surface area contributed by atoms with E-state index < -0.39 is 5.82 Å². The number of aromatic nitrogens is 3. The van der Waals surface area contributed by atoms with Crippen molar-refractivity contribution in [2.45, 2.75) is 26.3 Å². The van der Waals surface area contributed by atoms with Gasteiger partial charge >= 0.3 is 0 Å². The van der Waals surface area contributed by atoms with Gasteiger partial charge in [0.1, 0.15) is 5.82 Å². The number of rotatable bonds is 3. The summed E-state index contributed by atoms with van der Waals surface area (Å²) in [5, 5.41) is 0.424. The molecule has 22 heavy (non-hydrogen) atoms. The van der Waals surface area contributed by atoms with Gasteiger partial charge in [-0.15, -0.1) is 0 Å². The molecule has 4 nitrogen and oxygen atoms in total. The first-order valence-electron chi connectivity index (χ1n) is 7.13. The van der Waals surface area contributed by atoms with Crippen LogP contribution < -0.4 is 5.56 Å². The third-order valence-electron chi connectivity index (χ3n) is 3.67. The minimum atomic E-state index is -0.394. The summed E-state index contributed by atoms with van der Waals surface area (Å²) in [6.07, 6.45) is 2.11. The van der Waals surface area contributed by atoms with Crippen LogP contribution in [0.1, 0.15) is 24.4 Å². The molecule has 1 atom stereocenters. The van der Waals surface area contributed by atoms with Crippen molar-refractivity contribution in [3.05, 3.63) is 70.3 Å². The van der Waals surface area contributed by atoms with Crippen LogP contribution in [0.5, 0.6) is 0 Å². The maximum atomic E-state index is 13.2. The van der Waals surface area contributed by atoms with Crippen LogP contribution in [0, 0.1) is 12.7 Å². The number of fused-ring (bicyclic) bond motifs is 1. The lowest BCUT2D eigenvalue weighted by Gasteiger charge is -2.15. The third kappa shape index (κ3) is 2.74. The first kappa shape index (κ1) is 14.4. The summed E-state index contributed by atoms with van der Waals surface area (Å²) in [6.45, 7) is 3.88. The van der Waals surface area contributed by atoms with E-state index in [-0.39, 0.29) is 11.6 Å². The second-order valence-corrected chi connectivity index (χ2v) is 5.44. The third-order valence-corrected chi connectivity index (χ3v) is 3.67. The van der Waals surface area contributed by atoms with Crippen molar-refractivity contribution >= 4 is 10.9 Å². The molecule has 0 aliphatic rings. The van der Waals surface area contributed by atoms with Crippen LogP contribution in [0.3, 0.4) is 0 Å². The lowest BCUT2D eigenvalue weighted by molar-refractivity contribution is 0.517. The fourth-order valence-corrected chi connectivity index (χ4v) is 2.54. The summed E-state index contributed by atoms with van der Waals surface area (Å²) in [6, 6.07) is 9.79. The molecule has 0 fully saturated rings. The second-order valence-electron chi connectivity index (χ2n) is 5.44. The van der Waals surface area contributed by atoms with Gasteiger partial charge in [0.2, 0.25) is 0 Å². The highest BCUT2D eigenvalue weighted by Crippen LogP contribution is 2.14. The van der Waals surface area contributed by atoms with E-state index in [1.54, 1.807) is 4.57 Å². The zero-order valence-electron chi connectivity index (χ0n) is 12.5. The lowest BCUT2D eigenvalue weighted by atomic mass is 10.1. The normalized spacial score (nSPS) is 12.5. The molecule has 3 rings (SSSR count). The van der Waals surface area contributed by atoms with Crippen molar-refractivity contribution in [2.24, 2.45) is 0 Å². The predicted molar refractivity (Wildman–Crippen MR) is 83.4 cm³/mol. The Bertz CT molecular complexity index is 888. The highest BCUT2D eigenvalue weighted by Gasteiger charge is 2.12. The Morgan fingerprint density at radius 3 is 2.86 bits per heavy atom. The molecule has 0 N–H and O–H groups in total. The van der Waals surface area contributed by atoms with Crippen LogP contribution in [-0.4, -0.2) is 14.5 Å². The van der Waals surface area contributed by atoms with Gasteiger partial charge in [0.05, 0.1) is 17.2 Å². The minimum Gasteiger partial charge on any atom is -0.295 e. The molecule has 2 aromatic heterocycles. The number of halogens is 1. The van der Waals surface area contributed by atoms with Gasteiger partial charge in [0.15, 0.2) is 0 Å². The molecule has 112 valence electrons. The maximum Gasteiger partial charge on any atom is 0.261 e. The highest BCUT2D eigenvalue weighted by molar-refractivity contribution is 5.77. The van der Waals surface area contributed by atoms with Gasteiger partial charge in [-0.05, 0) is 38.1 Å². The van der Waals surface area contributed by atoms with E-state index in [4.69, 9.17) is 0 Å². The van der Waals surface area contributed by atoms with Gasteiger partial charge in [-0.1, -0.05) is 6.07 Å². The van der Waals surface area contributed by atoms with E-state index in [1.165, 1.54) is 24.5 Å². The molecule has 0 radical (unpaired) electrons. The van der Waals surface area contributed by atoms with Crippen molar-refractivity contribution in [1.29, 1.82) is 0 Å². The summed E-state index contributed by atoms with van der Waals surface area (Å²) in [7, 11) is 0. The zero-order chi connectivity index (χ0) is 15.7. The van der Waals surface area contributed by atoms with Crippen molar-refractivity contribution in [2.75, 3.05) is 0 Å². The van der Waals surface area contributed by atoms with Crippen LogP contribution in [0.2, 0.25) is 0 Å². The van der Waals surface area contributed by atoms with E-state index in [2.05, 4.69) is 9.97 Å². The monoisotopic (exact) mass is 297 g/mol. The molecule has 2 heterocycles. The molecule has 0 spiro atoms. The second kappa shape index (κ2) is 5.67. The standard InChI is InChI=1S/C17H16FN3O/c1-11-4-3-5-14(20-11)8-12(2)21-10-19-16-9-13(18)6-7-15(16)17(21)22/h3-7,9-10,12H,8H2,1-2H3/t12-/m1/s1. The Hall–Kier alpha value is -2.56. The van der Waals surface area contributed by atoms with Gasteiger partial charge in [-0.3, -0.25) is 14.3 Å². The fourth-order valence-electron chi connectivity index (χ4n) is 2.54. The molecule has 0 bridgehead atoms. The van der Waals surface area contributed by atoms with Gasteiger partial charge in [0.25, 0.3) is 5.56 Å². The van der Waals surface area contributed by atoms with Gasteiger partial charge in [0, 0.05) is 29.9 Å². The number of hydrogen-bond donors (Lipinski definition) is 0. The fraction of sp³-hybridized carbons (Fsp3) is 0.235. The first-order chi connectivity index (χ1) is 10.5. The van der Waals surface area contributed by atoms with Gasteiger partial charge in [-0.25, -0.2) is 9.37 Å². The number of aryl methyl sites for hydroxylation is 1. The van der Waals surface area contributed by atoms with E-state index in [0.717, 1.165) is 11.4 Å². The van der Waals surface area contributed by atoms with Crippen molar-refractivity contribution in [3.63, 3.8) is 0 Å². The molecule has 5 heteroatoms. The van der Waals surface area contributed by atoms with Crippen molar-refractivity contribution in [3.8, 4) is 0 Å². The van der Waals surface area contributed by atoms with Crippen LogP contribution in [0.15, 0.2) is 47.5 Å². The number of benzene rings is 1. The summed E-state index contributed by atoms with van der Waals surface area (Å²) >= 11 is 0. The predicted octanol–water partition coefficient (Wildman–Crippen LogP) is 3.04. The average Bonchev–Trinajstić information content (AvgIpc) is 2.47.